The van der Waals surface area contributed by atoms with Gasteiger partial charge in [-0.25, -0.2) is 4.98 Å². The van der Waals surface area contributed by atoms with E-state index in [0.29, 0.717) is 44.2 Å². The van der Waals surface area contributed by atoms with Crippen LogP contribution in [0.25, 0.3) is 22.1 Å². The minimum atomic E-state index is 0.0143. The highest BCUT2D eigenvalue weighted by Gasteiger charge is 2.29. The Labute approximate surface area is 262 Å². The Balaban J connectivity index is 1.01. The van der Waals surface area contributed by atoms with Crippen LogP contribution in [0, 0.1) is 6.92 Å². The molecule has 0 bridgehead atoms. The fourth-order valence-electron chi connectivity index (χ4n) is 5.97. The zero-order valence-electron chi connectivity index (χ0n) is 25.4. The number of amides is 2. The lowest BCUT2D eigenvalue weighted by atomic mass is 10.1. The zero-order chi connectivity index (χ0) is 30.5. The van der Waals surface area contributed by atoms with E-state index in [1.807, 2.05) is 53.1 Å². The maximum absolute atomic E-state index is 13.0. The Morgan fingerprint density at radius 3 is 2.39 bits per heavy atom. The smallest absolute Gasteiger partial charge is 0.227 e. The predicted octanol–water partition coefficient (Wildman–Crippen LogP) is 5.90. The van der Waals surface area contributed by atoms with Gasteiger partial charge < -0.3 is 14.4 Å². The topological polar surface area (TPSA) is 84.2 Å². The molecule has 5 aromatic rings. The van der Waals surface area contributed by atoms with Gasteiger partial charge >= 0.3 is 0 Å². The van der Waals surface area contributed by atoms with Crippen LogP contribution in [0.15, 0.2) is 84.0 Å². The van der Waals surface area contributed by atoms with E-state index in [1.165, 1.54) is 11.1 Å². The summed E-state index contributed by atoms with van der Waals surface area (Å²) in [6, 6.07) is 26.7. The number of hydrogen-bond donors (Lipinski definition) is 0. The molecule has 1 aliphatic rings. The van der Waals surface area contributed by atoms with Gasteiger partial charge in [0.15, 0.2) is 5.65 Å². The first-order chi connectivity index (χ1) is 21.5. The van der Waals surface area contributed by atoms with Crippen molar-refractivity contribution in [2.75, 3.05) is 25.4 Å². The number of thioether (sulfide) groups is 1. The average Bonchev–Trinajstić information content (AvgIpc) is 3.33. The van der Waals surface area contributed by atoms with E-state index in [-0.39, 0.29) is 17.9 Å². The molecular weight excluding hydrogens is 568 g/mol. The van der Waals surface area contributed by atoms with E-state index in [2.05, 4.69) is 64.2 Å². The number of carbonyl (C=O) groups excluding carboxylic acids is 2. The second-order valence-electron chi connectivity index (χ2n) is 11.6. The zero-order valence-corrected chi connectivity index (χ0v) is 26.2. The maximum Gasteiger partial charge on any atom is 0.227 e. The monoisotopic (exact) mass is 606 g/mol. The molecular formula is C35H38N6O2S. The van der Waals surface area contributed by atoms with Gasteiger partial charge in [-0.3, -0.25) is 9.59 Å². The number of piperazine rings is 1. The van der Waals surface area contributed by atoms with Crippen LogP contribution in [0.2, 0.25) is 0 Å². The lowest BCUT2D eigenvalue weighted by Crippen LogP contribution is -2.55. The molecule has 3 heterocycles. The Morgan fingerprint density at radius 1 is 0.886 bits per heavy atom. The van der Waals surface area contributed by atoms with Crippen molar-refractivity contribution >= 4 is 45.6 Å². The molecule has 8 nitrogen and oxygen atoms in total. The SMILES string of the molecule is Cc1ccc2c(c1)c1nnc(SCCCCC(=O)N3CCN(C(=O)Cc4ccccc4)C(C)C3)nc1n2Cc1ccccc1. The number of rotatable bonds is 10. The second kappa shape index (κ2) is 13.6. The minimum Gasteiger partial charge on any atom is -0.339 e. The first-order valence-electron chi connectivity index (χ1n) is 15.4. The molecule has 3 aromatic carbocycles. The molecule has 6 rings (SSSR count). The van der Waals surface area contributed by atoms with Crippen LogP contribution in [0.4, 0.5) is 0 Å². The van der Waals surface area contributed by atoms with Crippen molar-refractivity contribution in [2.45, 2.75) is 57.3 Å². The molecule has 9 heteroatoms. The lowest BCUT2D eigenvalue weighted by Gasteiger charge is -2.40. The highest BCUT2D eigenvalue weighted by molar-refractivity contribution is 7.99. The summed E-state index contributed by atoms with van der Waals surface area (Å²) < 4.78 is 2.23. The standard InChI is InChI=1S/C35H38N6O2S/c1-25-16-17-30-29(21-25)33-34(41(30)24-28-13-7-4-8-14-28)36-35(38-37-33)44-20-10-9-15-31(42)39-18-19-40(26(2)23-39)32(43)22-27-11-5-3-6-12-27/h3-8,11-14,16-17,21,26H,9-10,15,18-20,22-24H2,1-2H3. The molecule has 2 amide bonds. The highest BCUT2D eigenvalue weighted by Crippen LogP contribution is 2.29. The molecule has 0 aliphatic carbocycles. The number of hydrogen-bond acceptors (Lipinski definition) is 6. The van der Waals surface area contributed by atoms with Crippen molar-refractivity contribution in [3.05, 3.63) is 95.6 Å². The maximum atomic E-state index is 13.0. The normalized spacial score (nSPS) is 15.3. The van der Waals surface area contributed by atoms with Crippen LogP contribution in [-0.4, -0.2) is 72.8 Å². The van der Waals surface area contributed by atoms with Gasteiger partial charge in [-0.05, 0) is 49.9 Å². The minimum absolute atomic E-state index is 0.0143. The first-order valence-corrected chi connectivity index (χ1v) is 16.4. The summed E-state index contributed by atoms with van der Waals surface area (Å²) in [5, 5.41) is 10.8. The molecule has 0 spiro atoms. The molecule has 44 heavy (non-hydrogen) atoms. The van der Waals surface area contributed by atoms with E-state index < -0.39 is 0 Å². The van der Waals surface area contributed by atoms with Crippen molar-refractivity contribution in [2.24, 2.45) is 0 Å². The summed E-state index contributed by atoms with van der Waals surface area (Å²) in [7, 11) is 0. The first kappa shape index (κ1) is 29.8. The molecule has 0 radical (unpaired) electrons. The van der Waals surface area contributed by atoms with Crippen LogP contribution >= 0.6 is 11.8 Å². The van der Waals surface area contributed by atoms with Gasteiger partial charge in [0.1, 0.15) is 5.52 Å². The van der Waals surface area contributed by atoms with Crippen LogP contribution < -0.4 is 0 Å². The van der Waals surface area contributed by atoms with Gasteiger partial charge in [-0.2, -0.15) is 0 Å². The van der Waals surface area contributed by atoms with Gasteiger partial charge in [0, 0.05) is 49.8 Å². The van der Waals surface area contributed by atoms with Gasteiger partial charge in [0.05, 0.1) is 11.9 Å². The predicted molar refractivity (Wildman–Crippen MR) is 176 cm³/mol. The van der Waals surface area contributed by atoms with Crippen molar-refractivity contribution < 1.29 is 9.59 Å². The van der Waals surface area contributed by atoms with Crippen molar-refractivity contribution in [1.82, 2.24) is 29.5 Å². The third-order valence-electron chi connectivity index (χ3n) is 8.30. The summed E-state index contributed by atoms with van der Waals surface area (Å²) in [4.78, 5) is 34.6. The average molecular weight is 607 g/mol. The molecule has 1 unspecified atom stereocenters. The number of aryl methyl sites for hydroxylation is 1. The Kier molecular flexibility index (Phi) is 9.21. The summed E-state index contributed by atoms with van der Waals surface area (Å²) in [6.45, 7) is 6.60. The third kappa shape index (κ3) is 6.78. The van der Waals surface area contributed by atoms with E-state index in [4.69, 9.17) is 4.98 Å². The molecule has 0 saturated carbocycles. The summed E-state index contributed by atoms with van der Waals surface area (Å²) in [6.07, 6.45) is 2.59. The number of aromatic nitrogens is 4. The summed E-state index contributed by atoms with van der Waals surface area (Å²) in [5.41, 5.74) is 6.18. The lowest BCUT2D eigenvalue weighted by molar-refractivity contribution is -0.142. The van der Waals surface area contributed by atoms with Crippen molar-refractivity contribution in [3.63, 3.8) is 0 Å². The number of unbranched alkanes of at least 4 members (excludes halogenated alkanes) is 1. The Bertz CT molecular complexity index is 1760. The highest BCUT2D eigenvalue weighted by atomic mass is 32.2. The Hall–Kier alpha value is -4.24. The molecule has 1 aliphatic heterocycles. The molecule has 2 aromatic heterocycles. The Morgan fingerprint density at radius 2 is 1.64 bits per heavy atom. The number of benzene rings is 3. The molecule has 1 saturated heterocycles. The second-order valence-corrected chi connectivity index (χ2v) is 12.7. The van der Waals surface area contributed by atoms with Crippen molar-refractivity contribution in [3.8, 4) is 0 Å². The summed E-state index contributed by atoms with van der Waals surface area (Å²) >= 11 is 1.59. The van der Waals surface area contributed by atoms with E-state index in [9.17, 15) is 9.59 Å². The van der Waals surface area contributed by atoms with Gasteiger partial charge in [0.25, 0.3) is 0 Å². The van der Waals surface area contributed by atoms with Gasteiger partial charge in [-0.1, -0.05) is 84.1 Å². The molecule has 226 valence electrons. The quantitative estimate of drug-likeness (QED) is 0.145. The molecule has 1 fully saturated rings. The van der Waals surface area contributed by atoms with Crippen LogP contribution in [-0.2, 0) is 22.6 Å². The van der Waals surface area contributed by atoms with E-state index in [1.54, 1.807) is 11.8 Å². The number of nitrogens with zero attached hydrogens (tertiary/aromatic N) is 6. The van der Waals surface area contributed by atoms with E-state index >= 15 is 0 Å². The number of carbonyl (C=O) groups is 2. The fourth-order valence-corrected chi connectivity index (χ4v) is 6.75. The van der Waals surface area contributed by atoms with E-state index in [0.717, 1.165) is 46.2 Å². The molecule has 1 atom stereocenters. The van der Waals surface area contributed by atoms with Crippen molar-refractivity contribution in [1.29, 1.82) is 0 Å². The number of fused-ring (bicyclic) bond motifs is 3. The van der Waals surface area contributed by atoms with Gasteiger partial charge in [-0.15, -0.1) is 10.2 Å². The largest absolute Gasteiger partial charge is 0.339 e. The van der Waals surface area contributed by atoms with Gasteiger partial charge in [0.2, 0.25) is 17.0 Å². The third-order valence-corrected chi connectivity index (χ3v) is 9.22. The van der Waals surface area contributed by atoms with Crippen LogP contribution in [0.3, 0.4) is 0 Å². The van der Waals surface area contributed by atoms with Crippen LogP contribution in [0.5, 0.6) is 0 Å². The van der Waals surface area contributed by atoms with Crippen LogP contribution in [0.1, 0.15) is 42.9 Å². The molecule has 0 N–H and O–H groups in total. The summed E-state index contributed by atoms with van der Waals surface area (Å²) in [5.74, 6) is 1.10. The fraction of sp³-hybridized carbons (Fsp3) is 0.343.